The molecule has 0 aliphatic heterocycles. The summed E-state index contributed by atoms with van der Waals surface area (Å²) in [4.78, 5) is 31.4. The fourth-order valence-electron chi connectivity index (χ4n) is 3.79. The van der Waals surface area contributed by atoms with Gasteiger partial charge in [-0.25, -0.2) is 22.9 Å². The molecule has 0 aliphatic carbocycles. The van der Waals surface area contributed by atoms with Crippen molar-refractivity contribution in [3.63, 3.8) is 0 Å². The summed E-state index contributed by atoms with van der Waals surface area (Å²) in [6.45, 7) is 1.14. The van der Waals surface area contributed by atoms with E-state index >= 15 is 4.39 Å². The van der Waals surface area contributed by atoms with E-state index in [-0.39, 0.29) is 21.9 Å². The summed E-state index contributed by atoms with van der Waals surface area (Å²) in [6, 6.07) is 9.22. The molecule has 4 rings (SSSR count). The van der Waals surface area contributed by atoms with Gasteiger partial charge in [0.2, 0.25) is 0 Å². The van der Waals surface area contributed by atoms with Crippen molar-refractivity contribution in [2.45, 2.75) is 13.3 Å². The third-order valence-corrected chi connectivity index (χ3v) is 6.43. The van der Waals surface area contributed by atoms with Crippen LogP contribution in [0.15, 0.2) is 54.9 Å². The maximum Gasteiger partial charge on any atom is 0.360 e. The highest BCUT2D eigenvalue weighted by atomic mass is 32.2. The number of anilines is 1. The molecule has 0 saturated carbocycles. The van der Waals surface area contributed by atoms with Crippen LogP contribution in [0.1, 0.15) is 39.6 Å². The Morgan fingerprint density at radius 1 is 1.06 bits per heavy atom. The van der Waals surface area contributed by atoms with Gasteiger partial charge < -0.3 is 10.1 Å². The van der Waals surface area contributed by atoms with Crippen molar-refractivity contribution in [3.8, 4) is 11.1 Å². The highest BCUT2D eigenvalue weighted by Gasteiger charge is 2.30. The molecule has 0 radical (unpaired) electrons. The zero-order valence-corrected chi connectivity index (χ0v) is 19.5. The van der Waals surface area contributed by atoms with E-state index < -0.39 is 51.5 Å². The number of fused-ring (bicyclic) bond motifs is 1. The quantitative estimate of drug-likeness (QED) is 0.232. The van der Waals surface area contributed by atoms with Gasteiger partial charge in [0.1, 0.15) is 11.3 Å². The van der Waals surface area contributed by atoms with Crippen molar-refractivity contribution in [1.82, 2.24) is 9.97 Å². The number of carboxylic acid groups (broad SMARTS) is 1. The minimum Gasteiger partial charge on any atom is -0.478 e. The van der Waals surface area contributed by atoms with Gasteiger partial charge in [-0.15, -0.1) is 0 Å². The molecule has 3 N–H and O–H groups in total. The van der Waals surface area contributed by atoms with Gasteiger partial charge in [0.25, 0.3) is 0 Å². The number of ketones is 1. The van der Waals surface area contributed by atoms with E-state index in [4.69, 9.17) is 5.11 Å². The van der Waals surface area contributed by atoms with E-state index in [9.17, 15) is 27.0 Å². The number of pyridine rings is 1. The molecule has 12 heteroatoms. The summed E-state index contributed by atoms with van der Waals surface area (Å²) in [5.41, 5.74) is -0.101. The average molecular weight is 515 g/mol. The Balaban J connectivity index is 1.80. The first-order valence-corrected chi connectivity index (χ1v) is 12.0. The Bertz CT molecular complexity index is 1600. The third-order valence-electron chi connectivity index (χ3n) is 5.51. The van der Waals surface area contributed by atoms with E-state index in [2.05, 4.69) is 9.97 Å². The number of H-pyrrole nitrogens is 1. The number of carboxylic acids is 1. The van der Waals surface area contributed by atoms with Crippen molar-refractivity contribution in [1.29, 1.82) is 0 Å². The molecule has 0 bridgehead atoms. The topological polar surface area (TPSA) is 141 Å². The Morgan fingerprint density at radius 3 is 2.36 bits per heavy atom. The van der Waals surface area contributed by atoms with Gasteiger partial charge in [-0.1, -0.05) is 19.1 Å². The minimum atomic E-state index is -5.01. The van der Waals surface area contributed by atoms with E-state index in [1.807, 2.05) is 0 Å². The van der Waals surface area contributed by atoms with Gasteiger partial charge in [0.15, 0.2) is 17.4 Å². The second kappa shape index (κ2) is 9.47. The molecule has 9 nitrogen and oxygen atoms in total. The van der Waals surface area contributed by atoms with Crippen molar-refractivity contribution in [2.24, 2.45) is 0 Å². The van der Waals surface area contributed by atoms with Crippen molar-refractivity contribution in [3.05, 3.63) is 83.2 Å². The van der Waals surface area contributed by atoms with Crippen LogP contribution in [-0.4, -0.2) is 46.3 Å². The number of benzene rings is 2. The SMILES string of the molecule is CCCN(c1c(F)ccc(C(=O)c2c[nH]c3ncc(-c4ccc(C(=O)O)cc4)cc23)c1F)S(=O)(=O)O. The molecule has 2 aromatic heterocycles. The summed E-state index contributed by atoms with van der Waals surface area (Å²) in [6.07, 6.45) is 2.95. The van der Waals surface area contributed by atoms with Crippen LogP contribution < -0.4 is 4.31 Å². The van der Waals surface area contributed by atoms with Crippen LogP contribution in [0, 0.1) is 11.6 Å². The second-order valence-electron chi connectivity index (χ2n) is 7.84. The predicted molar refractivity (Wildman–Crippen MR) is 127 cm³/mol. The molecular weight excluding hydrogens is 496 g/mol. The van der Waals surface area contributed by atoms with Crippen molar-refractivity contribution < 1.29 is 36.4 Å². The first-order chi connectivity index (χ1) is 17.0. The Hall–Kier alpha value is -4.16. The molecule has 0 fully saturated rings. The zero-order valence-electron chi connectivity index (χ0n) is 18.7. The zero-order chi connectivity index (χ0) is 26.2. The lowest BCUT2D eigenvalue weighted by Crippen LogP contribution is -2.33. The van der Waals surface area contributed by atoms with Crippen LogP contribution in [0.4, 0.5) is 14.5 Å². The van der Waals surface area contributed by atoms with Crippen LogP contribution in [0.2, 0.25) is 0 Å². The lowest BCUT2D eigenvalue weighted by Gasteiger charge is -2.22. The molecule has 4 aromatic rings. The van der Waals surface area contributed by atoms with Gasteiger partial charge >= 0.3 is 16.3 Å². The van der Waals surface area contributed by atoms with Gasteiger partial charge in [-0.2, -0.15) is 8.42 Å². The molecule has 0 spiro atoms. The number of carbonyl (C=O) groups excluding carboxylic acids is 1. The fraction of sp³-hybridized carbons (Fsp3) is 0.125. The van der Waals surface area contributed by atoms with Gasteiger partial charge in [-0.05, 0) is 42.3 Å². The number of nitrogens with one attached hydrogen (secondary N) is 1. The summed E-state index contributed by atoms with van der Waals surface area (Å²) >= 11 is 0. The molecule has 0 atom stereocenters. The molecule has 36 heavy (non-hydrogen) atoms. The molecule has 0 amide bonds. The number of hydrogen-bond donors (Lipinski definition) is 3. The standard InChI is InChI=1S/C24H19F2N3O6S/c1-2-9-29(36(33,34)35)21-19(25)8-7-16(20(21)26)22(30)18-12-28-23-17(18)10-15(11-27-23)13-3-5-14(6-4-13)24(31)32/h3-8,10-12H,2,9H2,1H3,(H,27,28)(H,31,32)(H,33,34,35). The highest BCUT2D eigenvalue weighted by Crippen LogP contribution is 2.32. The summed E-state index contributed by atoms with van der Waals surface area (Å²) in [7, 11) is -5.01. The Kier molecular flexibility index (Phi) is 6.57. The smallest absolute Gasteiger partial charge is 0.360 e. The maximum absolute atomic E-state index is 15.4. The second-order valence-corrected chi connectivity index (χ2v) is 9.18. The van der Waals surface area contributed by atoms with E-state index in [0.717, 1.165) is 12.1 Å². The molecule has 186 valence electrons. The van der Waals surface area contributed by atoms with Crippen molar-refractivity contribution >= 4 is 38.8 Å². The van der Waals surface area contributed by atoms with Gasteiger partial charge in [-0.3, -0.25) is 9.35 Å². The number of aromatic amines is 1. The number of aromatic nitrogens is 2. The molecule has 0 saturated heterocycles. The van der Waals surface area contributed by atoms with Crippen LogP contribution in [-0.2, 0) is 10.3 Å². The average Bonchev–Trinajstić information content (AvgIpc) is 3.26. The minimum absolute atomic E-state index is 0.00754. The van der Waals surface area contributed by atoms with Crippen LogP contribution in [0.3, 0.4) is 0 Å². The molecular formula is C24H19F2N3O6S. The van der Waals surface area contributed by atoms with Crippen LogP contribution in [0.25, 0.3) is 22.2 Å². The maximum atomic E-state index is 15.4. The number of nitrogens with zero attached hydrogens (tertiary/aromatic N) is 2. The number of aromatic carboxylic acids is 1. The fourth-order valence-corrected chi connectivity index (χ4v) is 4.60. The van der Waals surface area contributed by atoms with E-state index in [1.165, 1.54) is 24.5 Å². The van der Waals surface area contributed by atoms with Crippen LogP contribution in [0.5, 0.6) is 0 Å². The van der Waals surface area contributed by atoms with Crippen LogP contribution >= 0.6 is 0 Å². The molecule has 0 aliphatic rings. The normalized spacial score (nSPS) is 11.6. The van der Waals surface area contributed by atoms with E-state index in [1.54, 1.807) is 25.1 Å². The van der Waals surface area contributed by atoms with Gasteiger partial charge in [0.05, 0.1) is 11.1 Å². The number of rotatable bonds is 8. The molecule has 2 aromatic carbocycles. The summed E-state index contributed by atoms with van der Waals surface area (Å²) in [5, 5.41) is 9.39. The lowest BCUT2D eigenvalue weighted by molar-refractivity contribution is 0.0696. The van der Waals surface area contributed by atoms with Gasteiger partial charge in [0, 0.05) is 35.5 Å². The number of hydrogen-bond acceptors (Lipinski definition) is 5. The third kappa shape index (κ3) is 4.55. The number of halogens is 2. The predicted octanol–water partition coefficient (Wildman–Crippen LogP) is 4.46. The monoisotopic (exact) mass is 515 g/mol. The van der Waals surface area contributed by atoms with E-state index in [0.29, 0.717) is 22.2 Å². The summed E-state index contributed by atoms with van der Waals surface area (Å²) in [5.74, 6) is -4.65. The Labute approximate surface area is 203 Å². The highest BCUT2D eigenvalue weighted by molar-refractivity contribution is 7.87. The lowest BCUT2D eigenvalue weighted by atomic mass is 9.99. The molecule has 2 heterocycles. The first-order valence-electron chi connectivity index (χ1n) is 10.6. The Morgan fingerprint density at radius 2 is 1.75 bits per heavy atom. The van der Waals surface area contributed by atoms with Crippen molar-refractivity contribution in [2.75, 3.05) is 10.8 Å². The first kappa shape index (κ1) is 24.9. The largest absolute Gasteiger partial charge is 0.478 e. The summed E-state index contributed by atoms with van der Waals surface area (Å²) < 4.78 is 63.0. The molecule has 0 unspecified atom stereocenters. The number of carbonyl (C=O) groups is 2.